The quantitative estimate of drug-likeness (QED) is 0.420. The van der Waals surface area contributed by atoms with Crippen LogP contribution in [0, 0.1) is 13.8 Å². The minimum absolute atomic E-state index is 0.276. The number of halogens is 1. The molecule has 0 atom stereocenters. The summed E-state index contributed by atoms with van der Waals surface area (Å²) in [6, 6.07) is 7.47. The van der Waals surface area contributed by atoms with E-state index in [4.69, 9.17) is 16.3 Å². The van der Waals surface area contributed by atoms with E-state index >= 15 is 0 Å². The fourth-order valence-electron chi connectivity index (χ4n) is 2.85. The van der Waals surface area contributed by atoms with Crippen LogP contribution in [-0.2, 0) is 0 Å². The number of hydrogen-bond acceptors (Lipinski definition) is 9. The summed E-state index contributed by atoms with van der Waals surface area (Å²) in [7, 11) is 1.50. The van der Waals surface area contributed by atoms with Crippen molar-refractivity contribution < 1.29 is 9.53 Å². The van der Waals surface area contributed by atoms with Gasteiger partial charge in [-0.15, -0.1) is 0 Å². The minimum atomic E-state index is -0.290. The first-order chi connectivity index (χ1) is 15.4. The molecule has 4 rings (SSSR count). The molecule has 162 valence electrons. The summed E-state index contributed by atoms with van der Waals surface area (Å²) in [5.41, 5.74) is 2.82. The van der Waals surface area contributed by atoms with Crippen molar-refractivity contribution in [1.29, 1.82) is 0 Å². The summed E-state index contributed by atoms with van der Waals surface area (Å²) in [5.74, 6) is 0.804. The Hall–Kier alpha value is -3.63. The Morgan fingerprint density at radius 3 is 2.59 bits per heavy atom. The van der Waals surface area contributed by atoms with Gasteiger partial charge in [-0.05, 0) is 25.5 Å². The van der Waals surface area contributed by atoms with Crippen LogP contribution in [0.3, 0.4) is 0 Å². The largest absolute Gasteiger partial charge is 0.467 e. The number of para-hydroxylation sites is 1. The van der Waals surface area contributed by atoms with Crippen molar-refractivity contribution in [2.45, 2.75) is 13.8 Å². The second-order valence-corrected chi connectivity index (χ2v) is 8.12. The van der Waals surface area contributed by atoms with Crippen molar-refractivity contribution in [2.75, 3.05) is 17.7 Å². The molecule has 2 N–H and O–H groups in total. The zero-order chi connectivity index (χ0) is 22.7. The van der Waals surface area contributed by atoms with Gasteiger partial charge in [-0.3, -0.25) is 4.79 Å². The molecule has 1 amide bonds. The number of aryl methyl sites for hydroxylation is 2. The average Bonchev–Trinajstić information content (AvgIpc) is 3.24. The molecule has 0 aliphatic carbocycles. The Morgan fingerprint density at radius 1 is 1.09 bits per heavy atom. The third kappa shape index (κ3) is 4.82. The number of nitrogens with one attached hydrogen (secondary N) is 2. The maximum Gasteiger partial charge on any atom is 0.316 e. The lowest BCUT2D eigenvalue weighted by atomic mass is 10.2. The third-order valence-electron chi connectivity index (χ3n) is 4.37. The summed E-state index contributed by atoms with van der Waals surface area (Å²) in [5, 5.41) is 6.96. The Kier molecular flexibility index (Phi) is 6.24. The predicted molar refractivity (Wildman–Crippen MR) is 124 cm³/mol. The van der Waals surface area contributed by atoms with E-state index < -0.39 is 0 Å². The first-order valence-electron chi connectivity index (χ1n) is 9.44. The molecule has 0 saturated heterocycles. The van der Waals surface area contributed by atoms with Gasteiger partial charge in [-0.1, -0.05) is 35.1 Å². The lowest BCUT2D eigenvalue weighted by Gasteiger charge is -2.09. The number of anilines is 3. The standard InChI is InChI=1S/C21H18ClN7O2S/c1-11-5-4-6-14(22)18(11)29-19(30)16-10-25-21(32-16)28-17-7-15(26-12(2)27-17)13-8-23-20(31-3)24-9-13/h4-10H,1-3H3,(H,29,30)(H,25,26,27,28). The topological polar surface area (TPSA) is 115 Å². The zero-order valence-electron chi connectivity index (χ0n) is 17.4. The number of aromatic nitrogens is 5. The number of methoxy groups -OCH3 is 1. The number of carbonyl (C=O) groups excluding carboxylic acids is 1. The predicted octanol–water partition coefficient (Wildman–Crippen LogP) is 4.66. The Morgan fingerprint density at radius 2 is 1.88 bits per heavy atom. The molecule has 3 aromatic heterocycles. The lowest BCUT2D eigenvalue weighted by Crippen LogP contribution is -2.11. The molecule has 0 aliphatic rings. The summed E-state index contributed by atoms with van der Waals surface area (Å²) < 4.78 is 4.99. The Labute approximate surface area is 192 Å². The Bertz CT molecular complexity index is 1260. The molecule has 0 bridgehead atoms. The number of ether oxygens (including phenoxy) is 1. The monoisotopic (exact) mass is 467 g/mol. The summed E-state index contributed by atoms with van der Waals surface area (Å²) in [6.45, 7) is 3.66. The van der Waals surface area contributed by atoms with Gasteiger partial charge < -0.3 is 15.4 Å². The second-order valence-electron chi connectivity index (χ2n) is 6.68. The molecule has 0 saturated carbocycles. The van der Waals surface area contributed by atoms with Crippen molar-refractivity contribution in [3.8, 4) is 17.3 Å². The SMILES string of the molecule is COc1ncc(-c2cc(Nc3ncc(C(=O)Nc4c(C)cccc4Cl)s3)nc(C)n2)cn1. The Balaban J connectivity index is 1.52. The number of nitrogens with zero attached hydrogens (tertiary/aromatic N) is 5. The van der Waals surface area contributed by atoms with Crippen LogP contribution in [0.4, 0.5) is 16.6 Å². The number of hydrogen-bond donors (Lipinski definition) is 2. The first-order valence-corrected chi connectivity index (χ1v) is 10.6. The van der Waals surface area contributed by atoms with E-state index in [0.717, 1.165) is 5.56 Å². The van der Waals surface area contributed by atoms with Crippen LogP contribution < -0.4 is 15.4 Å². The van der Waals surface area contributed by atoms with Crippen LogP contribution in [-0.4, -0.2) is 37.9 Å². The number of carbonyl (C=O) groups is 1. The van der Waals surface area contributed by atoms with Gasteiger partial charge in [-0.25, -0.2) is 24.9 Å². The van der Waals surface area contributed by atoms with Gasteiger partial charge in [0.2, 0.25) is 0 Å². The third-order valence-corrected chi connectivity index (χ3v) is 5.60. The molecule has 3 heterocycles. The number of amides is 1. The lowest BCUT2D eigenvalue weighted by molar-refractivity contribution is 0.103. The number of rotatable bonds is 6. The average molecular weight is 468 g/mol. The van der Waals surface area contributed by atoms with Crippen LogP contribution in [0.1, 0.15) is 21.1 Å². The molecule has 1 aromatic carbocycles. The smallest absolute Gasteiger partial charge is 0.316 e. The molecule has 0 radical (unpaired) electrons. The van der Waals surface area contributed by atoms with Gasteiger partial charge in [0, 0.05) is 24.0 Å². The first kappa shape index (κ1) is 21.6. The van der Waals surface area contributed by atoms with Gasteiger partial charge in [-0.2, -0.15) is 0 Å². The molecule has 0 fully saturated rings. The highest BCUT2D eigenvalue weighted by atomic mass is 35.5. The number of thiazole rings is 1. The van der Waals surface area contributed by atoms with E-state index in [2.05, 4.69) is 35.6 Å². The van der Waals surface area contributed by atoms with Gasteiger partial charge in [0.15, 0.2) is 5.13 Å². The van der Waals surface area contributed by atoms with Crippen LogP contribution in [0.2, 0.25) is 5.02 Å². The van der Waals surface area contributed by atoms with Gasteiger partial charge in [0.1, 0.15) is 16.5 Å². The van der Waals surface area contributed by atoms with E-state index in [1.165, 1.54) is 24.6 Å². The molecular weight excluding hydrogens is 450 g/mol. The molecule has 4 aromatic rings. The highest BCUT2D eigenvalue weighted by Crippen LogP contribution is 2.28. The highest BCUT2D eigenvalue weighted by Gasteiger charge is 2.15. The fourth-order valence-corrected chi connectivity index (χ4v) is 3.83. The molecule has 32 heavy (non-hydrogen) atoms. The van der Waals surface area contributed by atoms with Crippen LogP contribution in [0.15, 0.2) is 42.9 Å². The van der Waals surface area contributed by atoms with E-state index in [-0.39, 0.29) is 11.9 Å². The molecular formula is C21H18ClN7O2S. The zero-order valence-corrected chi connectivity index (χ0v) is 19.0. The van der Waals surface area contributed by atoms with Crippen LogP contribution in [0.5, 0.6) is 6.01 Å². The molecule has 11 heteroatoms. The van der Waals surface area contributed by atoms with Crippen molar-refractivity contribution in [3.05, 3.63) is 64.1 Å². The van der Waals surface area contributed by atoms with Crippen molar-refractivity contribution in [2.24, 2.45) is 0 Å². The maximum atomic E-state index is 12.7. The van der Waals surface area contributed by atoms with Gasteiger partial charge >= 0.3 is 6.01 Å². The summed E-state index contributed by atoms with van der Waals surface area (Å²) in [4.78, 5) is 34.4. The fraction of sp³-hybridized carbons (Fsp3) is 0.143. The van der Waals surface area contributed by atoms with Crippen LogP contribution >= 0.6 is 22.9 Å². The van der Waals surface area contributed by atoms with Crippen molar-refractivity contribution >= 4 is 45.5 Å². The van der Waals surface area contributed by atoms with Crippen LogP contribution in [0.25, 0.3) is 11.3 Å². The van der Waals surface area contributed by atoms with Gasteiger partial charge in [0.05, 0.1) is 29.7 Å². The normalized spacial score (nSPS) is 10.6. The molecule has 0 aliphatic heterocycles. The second kappa shape index (κ2) is 9.25. The van der Waals surface area contributed by atoms with E-state index in [1.54, 1.807) is 31.5 Å². The van der Waals surface area contributed by atoms with E-state index in [9.17, 15) is 4.79 Å². The van der Waals surface area contributed by atoms with E-state index in [1.807, 2.05) is 19.1 Å². The van der Waals surface area contributed by atoms with Crippen molar-refractivity contribution in [3.63, 3.8) is 0 Å². The van der Waals surface area contributed by atoms with Gasteiger partial charge in [0.25, 0.3) is 5.91 Å². The summed E-state index contributed by atoms with van der Waals surface area (Å²) in [6.07, 6.45) is 4.75. The van der Waals surface area contributed by atoms with E-state index in [0.29, 0.717) is 43.6 Å². The summed E-state index contributed by atoms with van der Waals surface area (Å²) >= 11 is 7.40. The van der Waals surface area contributed by atoms with Crippen molar-refractivity contribution in [1.82, 2.24) is 24.9 Å². The minimum Gasteiger partial charge on any atom is -0.467 e. The maximum absolute atomic E-state index is 12.7. The molecule has 0 unspecified atom stereocenters. The number of benzene rings is 1. The highest BCUT2D eigenvalue weighted by molar-refractivity contribution is 7.17. The molecule has 0 spiro atoms. The molecule has 9 nitrogen and oxygen atoms in total.